The van der Waals surface area contributed by atoms with E-state index in [1.54, 1.807) is 0 Å². The molecule has 4 nitrogen and oxygen atoms in total. The number of fused-ring (bicyclic) bond motifs is 1. The van der Waals surface area contributed by atoms with Crippen molar-refractivity contribution in [3.8, 4) is 0 Å². The van der Waals surface area contributed by atoms with Crippen LogP contribution in [-0.2, 0) is 6.54 Å². The molecule has 102 valence electrons. The van der Waals surface area contributed by atoms with E-state index >= 15 is 0 Å². The van der Waals surface area contributed by atoms with Crippen LogP contribution in [0.15, 0.2) is 29.0 Å². The van der Waals surface area contributed by atoms with E-state index in [0.717, 1.165) is 43.3 Å². The van der Waals surface area contributed by atoms with E-state index in [1.807, 2.05) is 6.07 Å². The van der Waals surface area contributed by atoms with E-state index in [2.05, 4.69) is 29.1 Å². The molecule has 0 atom stereocenters. The van der Waals surface area contributed by atoms with Crippen LogP contribution in [0.2, 0.25) is 0 Å². The number of oxazole rings is 1. The Labute approximate surface area is 113 Å². The normalized spacial score (nSPS) is 24.2. The van der Waals surface area contributed by atoms with Gasteiger partial charge >= 0.3 is 0 Å². The highest BCUT2D eigenvalue weighted by atomic mass is 16.3. The maximum atomic E-state index is 9.56. The van der Waals surface area contributed by atoms with Gasteiger partial charge in [-0.2, -0.15) is 0 Å². The molecule has 0 amide bonds. The molecule has 3 rings (SSSR count). The Morgan fingerprint density at radius 3 is 2.89 bits per heavy atom. The molecule has 0 spiro atoms. The van der Waals surface area contributed by atoms with Crippen LogP contribution >= 0.6 is 0 Å². The first kappa shape index (κ1) is 12.6. The van der Waals surface area contributed by atoms with E-state index in [0.29, 0.717) is 6.04 Å². The number of hydrogen-bond donors (Lipinski definition) is 1. The first-order chi connectivity index (χ1) is 9.22. The molecule has 0 saturated heterocycles. The van der Waals surface area contributed by atoms with E-state index in [-0.39, 0.29) is 6.10 Å². The quantitative estimate of drug-likeness (QED) is 0.921. The molecular weight excluding hydrogens is 240 g/mol. The average Bonchev–Trinajstić information content (AvgIpc) is 2.87. The monoisotopic (exact) mass is 260 g/mol. The minimum Gasteiger partial charge on any atom is -0.443 e. The topological polar surface area (TPSA) is 49.5 Å². The lowest BCUT2D eigenvalue weighted by molar-refractivity contribution is 0.0818. The third kappa shape index (κ3) is 2.80. The number of nitrogens with zero attached hydrogens (tertiary/aromatic N) is 2. The second kappa shape index (κ2) is 5.31. The first-order valence-electron chi connectivity index (χ1n) is 6.93. The van der Waals surface area contributed by atoms with Crippen molar-refractivity contribution in [2.24, 2.45) is 0 Å². The number of aromatic nitrogens is 1. The van der Waals surface area contributed by atoms with Crippen LogP contribution < -0.4 is 0 Å². The molecule has 1 N–H and O–H groups in total. The van der Waals surface area contributed by atoms with Crippen LogP contribution in [-0.4, -0.2) is 34.2 Å². The fraction of sp³-hybridized carbons (Fsp3) is 0.533. The predicted molar refractivity (Wildman–Crippen MR) is 73.7 cm³/mol. The second-order valence-electron chi connectivity index (χ2n) is 5.53. The largest absolute Gasteiger partial charge is 0.443 e. The molecule has 1 heterocycles. The van der Waals surface area contributed by atoms with Gasteiger partial charge in [-0.05, 0) is 50.4 Å². The number of hydrogen-bond acceptors (Lipinski definition) is 4. The summed E-state index contributed by atoms with van der Waals surface area (Å²) in [6.45, 7) is 0.914. The molecule has 2 aromatic rings. The van der Waals surface area contributed by atoms with Gasteiger partial charge in [0.05, 0.1) is 6.10 Å². The molecule has 0 radical (unpaired) electrons. The molecule has 19 heavy (non-hydrogen) atoms. The summed E-state index contributed by atoms with van der Waals surface area (Å²) in [6, 6.07) is 6.76. The third-order valence-corrected chi connectivity index (χ3v) is 4.12. The van der Waals surface area contributed by atoms with Gasteiger partial charge in [0.2, 0.25) is 0 Å². The molecule has 1 fully saturated rings. The number of benzene rings is 1. The predicted octanol–water partition coefficient (Wildman–Crippen LogP) is 2.56. The van der Waals surface area contributed by atoms with Crippen molar-refractivity contribution in [3.63, 3.8) is 0 Å². The lowest BCUT2D eigenvalue weighted by Crippen LogP contribution is -2.35. The third-order valence-electron chi connectivity index (χ3n) is 4.12. The molecule has 1 aliphatic rings. The van der Waals surface area contributed by atoms with Crippen LogP contribution in [0.5, 0.6) is 0 Å². The van der Waals surface area contributed by atoms with Crippen LogP contribution in [0.3, 0.4) is 0 Å². The summed E-state index contributed by atoms with van der Waals surface area (Å²) in [5.41, 5.74) is 3.01. The van der Waals surface area contributed by atoms with Crippen molar-refractivity contribution in [1.29, 1.82) is 0 Å². The molecule has 0 aliphatic heterocycles. The molecule has 1 aromatic heterocycles. The summed E-state index contributed by atoms with van der Waals surface area (Å²) in [5, 5.41) is 9.56. The summed E-state index contributed by atoms with van der Waals surface area (Å²) in [5.74, 6) is 0. The van der Waals surface area contributed by atoms with E-state index in [1.165, 1.54) is 12.0 Å². The van der Waals surface area contributed by atoms with Crippen molar-refractivity contribution in [1.82, 2.24) is 9.88 Å². The first-order valence-corrected chi connectivity index (χ1v) is 6.93. The highest BCUT2D eigenvalue weighted by molar-refractivity contribution is 5.72. The second-order valence-corrected chi connectivity index (χ2v) is 5.53. The minimum atomic E-state index is -0.0878. The lowest BCUT2D eigenvalue weighted by Gasteiger charge is -2.33. The van der Waals surface area contributed by atoms with Crippen molar-refractivity contribution in [3.05, 3.63) is 30.2 Å². The lowest BCUT2D eigenvalue weighted by atomic mass is 9.92. The van der Waals surface area contributed by atoms with E-state index in [4.69, 9.17) is 4.42 Å². The Kier molecular flexibility index (Phi) is 3.53. The summed E-state index contributed by atoms with van der Waals surface area (Å²) >= 11 is 0. The van der Waals surface area contributed by atoms with E-state index in [9.17, 15) is 5.11 Å². The maximum absolute atomic E-state index is 9.56. The molecule has 1 aromatic carbocycles. The Morgan fingerprint density at radius 2 is 2.11 bits per heavy atom. The van der Waals surface area contributed by atoms with Gasteiger partial charge in [0.15, 0.2) is 12.0 Å². The van der Waals surface area contributed by atoms with Gasteiger partial charge in [-0.1, -0.05) is 6.07 Å². The zero-order chi connectivity index (χ0) is 13.2. The highest BCUT2D eigenvalue weighted by Gasteiger charge is 2.22. The van der Waals surface area contributed by atoms with Crippen LogP contribution in [0.1, 0.15) is 31.2 Å². The van der Waals surface area contributed by atoms with E-state index < -0.39 is 0 Å². The summed E-state index contributed by atoms with van der Waals surface area (Å²) in [7, 11) is 2.16. The van der Waals surface area contributed by atoms with Crippen molar-refractivity contribution >= 4 is 11.1 Å². The zero-order valence-electron chi connectivity index (χ0n) is 11.2. The fourth-order valence-corrected chi connectivity index (χ4v) is 2.91. The molecule has 1 aliphatic carbocycles. The Bertz CT molecular complexity index is 544. The van der Waals surface area contributed by atoms with Gasteiger partial charge in [0.1, 0.15) is 5.52 Å². The van der Waals surface area contributed by atoms with Crippen molar-refractivity contribution in [2.75, 3.05) is 7.05 Å². The Balaban J connectivity index is 1.66. The molecule has 0 bridgehead atoms. The summed E-state index contributed by atoms with van der Waals surface area (Å²) < 4.78 is 5.34. The standard InChI is InChI=1S/C15H20N2O2/c1-17(12-3-5-13(18)6-4-12)9-11-2-7-14-15(8-11)19-10-16-14/h2,7-8,10,12-13,18H,3-6,9H2,1H3. The highest BCUT2D eigenvalue weighted by Crippen LogP contribution is 2.24. The Hall–Kier alpha value is -1.39. The zero-order valence-corrected chi connectivity index (χ0v) is 11.2. The van der Waals surface area contributed by atoms with Gasteiger partial charge in [-0.3, -0.25) is 4.90 Å². The van der Waals surface area contributed by atoms with Crippen LogP contribution in [0.25, 0.3) is 11.1 Å². The van der Waals surface area contributed by atoms with Gasteiger partial charge in [0, 0.05) is 12.6 Å². The van der Waals surface area contributed by atoms with Crippen molar-refractivity contribution < 1.29 is 9.52 Å². The number of rotatable bonds is 3. The molecule has 1 saturated carbocycles. The summed E-state index contributed by atoms with van der Waals surface area (Å²) in [6.07, 6.45) is 5.42. The summed E-state index contributed by atoms with van der Waals surface area (Å²) in [4.78, 5) is 6.51. The van der Waals surface area contributed by atoms with Gasteiger partial charge in [0.25, 0.3) is 0 Å². The fourth-order valence-electron chi connectivity index (χ4n) is 2.91. The van der Waals surface area contributed by atoms with Crippen LogP contribution in [0.4, 0.5) is 0 Å². The molecule has 0 unspecified atom stereocenters. The number of aliphatic hydroxyl groups is 1. The Morgan fingerprint density at radius 1 is 1.32 bits per heavy atom. The molecule has 4 heteroatoms. The van der Waals surface area contributed by atoms with Gasteiger partial charge in [-0.25, -0.2) is 4.98 Å². The smallest absolute Gasteiger partial charge is 0.181 e. The number of aliphatic hydroxyl groups excluding tert-OH is 1. The SMILES string of the molecule is CN(Cc1ccc2ncoc2c1)C1CCC(O)CC1. The average molecular weight is 260 g/mol. The van der Waals surface area contributed by atoms with Crippen molar-refractivity contribution in [2.45, 2.75) is 44.4 Å². The van der Waals surface area contributed by atoms with Gasteiger partial charge in [-0.15, -0.1) is 0 Å². The van der Waals surface area contributed by atoms with Crippen LogP contribution in [0, 0.1) is 0 Å². The minimum absolute atomic E-state index is 0.0878. The maximum Gasteiger partial charge on any atom is 0.181 e. The van der Waals surface area contributed by atoms with Gasteiger partial charge < -0.3 is 9.52 Å². The molecular formula is C15H20N2O2.